The SMILES string of the molecule is COc1ccc(CNC(=O)COc2ccc3c(c2)[nH]c2ccccc23)cc1OC. The summed E-state index contributed by atoms with van der Waals surface area (Å²) in [7, 11) is 3.17. The summed E-state index contributed by atoms with van der Waals surface area (Å²) in [5.74, 6) is 1.72. The van der Waals surface area contributed by atoms with Crippen LogP contribution < -0.4 is 19.5 Å². The standard InChI is InChI=1S/C23H22N2O4/c1-27-21-10-7-15(11-22(21)28-2)13-24-23(26)14-29-16-8-9-18-17-5-3-4-6-19(17)25-20(18)12-16/h3-12,25H,13-14H2,1-2H3,(H,24,26). The number of hydrogen-bond acceptors (Lipinski definition) is 4. The van der Waals surface area contributed by atoms with Gasteiger partial charge in [-0.1, -0.05) is 24.3 Å². The van der Waals surface area contributed by atoms with Gasteiger partial charge in [0.15, 0.2) is 18.1 Å². The number of rotatable bonds is 7. The molecule has 0 saturated carbocycles. The number of hydrogen-bond donors (Lipinski definition) is 2. The minimum atomic E-state index is -0.198. The maximum Gasteiger partial charge on any atom is 0.258 e. The summed E-state index contributed by atoms with van der Waals surface area (Å²) in [6, 6.07) is 19.5. The van der Waals surface area contributed by atoms with E-state index in [1.165, 1.54) is 5.39 Å². The highest BCUT2D eigenvalue weighted by atomic mass is 16.5. The molecule has 2 N–H and O–H groups in total. The average Bonchev–Trinajstić information content (AvgIpc) is 3.13. The van der Waals surface area contributed by atoms with Gasteiger partial charge in [0.1, 0.15) is 5.75 Å². The third-order valence-electron chi connectivity index (χ3n) is 4.79. The molecule has 0 bridgehead atoms. The fourth-order valence-corrected chi connectivity index (χ4v) is 3.31. The molecule has 0 fully saturated rings. The van der Waals surface area contributed by atoms with Gasteiger partial charge in [-0.05, 0) is 35.9 Å². The normalized spacial score (nSPS) is 10.8. The van der Waals surface area contributed by atoms with E-state index < -0.39 is 0 Å². The number of para-hydroxylation sites is 1. The smallest absolute Gasteiger partial charge is 0.258 e. The number of nitrogens with one attached hydrogen (secondary N) is 2. The lowest BCUT2D eigenvalue weighted by molar-refractivity contribution is -0.123. The number of fused-ring (bicyclic) bond motifs is 3. The van der Waals surface area contributed by atoms with Gasteiger partial charge in [-0.15, -0.1) is 0 Å². The first-order valence-electron chi connectivity index (χ1n) is 9.29. The Bertz CT molecular complexity index is 1170. The highest BCUT2D eigenvalue weighted by molar-refractivity contribution is 6.07. The molecule has 1 aromatic heterocycles. The van der Waals surface area contributed by atoms with Crippen LogP contribution in [0.5, 0.6) is 17.2 Å². The molecule has 6 heteroatoms. The molecule has 1 heterocycles. The number of benzene rings is 3. The van der Waals surface area contributed by atoms with Crippen molar-refractivity contribution < 1.29 is 19.0 Å². The first kappa shape index (κ1) is 18.7. The van der Waals surface area contributed by atoms with Crippen LogP contribution in [0.15, 0.2) is 60.7 Å². The van der Waals surface area contributed by atoms with E-state index in [4.69, 9.17) is 14.2 Å². The quantitative estimate of drug-likeness (QED) is 0.500. The van der Waals surface area contributed by atoms with Crippen molar-refractivity contribution >= 4 is 27.7 Å². The van der Waals surface area contributed by atoms with Gasteiger partial charge in [0.25, 0.3) is 5.91 Å². The van der Waals surface area contributed by atoms with Crippen molar-refractivity contribution in [2.75, 3.05) is 20.8 Å². The van der Waals surface area contributed by atoms with E-state index in [0.29, 0.717) is 23.8 Å². The van der Waals surface area contributed by atoms with Gasteiger partial charge in [-0.25, -0.2) is 0 Å². The first-order valence-corrected chi connectivity index (χ1v) is 9.29. The van der Waals surface area contributed by atoms with Crippen molar-refractivity contribution in [1.29, 1.82) is 0 Å². The molecular weight excluding hydrogens is 368 g/mol. The second kappa shape index (κ2) is 8.14. The average molecular weight is 390 g/mol. The minimum absolute atomic E-state index is 0.0565. The summed E-state index contributed by atoms with van der Waals surface area (Å²) in [6.45, 7) is 0.322. The zero-order valence-corrected chi connectivity index (χ0v) is 16.3. The monoisotopic (exact) mass is 390 g/mol. The van der Waals surface area contributed by atoms with Gasteiger partial charge in [-0.2, -0.15) is 0 Å². The molecule has 0 aliphatic rings. The van der Waals surface area contributed by atoms with E-state index >= 15 is 0 Å². The predicted octanol–water partition coefficient (Wildman–Crippen LogP) is 4.03. The lowest BCUT2D eigenvalue weighted by Crippen LogP contribution is -2.28. The summed E-state index contributed by atoms with van der Waals surface area (Å²) in [5.41, 5.74) is 2.97. The Morgan fingerprint density at radius 3 is 2.52 bits per heavy atom. The van der Waals surface area contributed by atoms with Crippen molar-refractivity contribution in [2.45, 2.75) is 6.54 Å². The van der Waals surface area contributed by atoms with Crippen LogP contribution in [0.4, 0.5) is 0 Å². The minimum Gasteiger partial charge on any atom is -0.493 e. The van der Waals surface area contributed by atoms with Gasteiger partial charge < -0.3 is 24.5 Å². The van der Waals surface area contributed by atoms with Crippen LogP contribution in [0.25, 0.3) is 21.8 Å². The summed E-state index contributed by atoms with van der Waals surface area (Å²) >= 11 is 0. The van der Waals surface area contributed by atoms with Gasteiger partial charge in [0.05, 0.1) is 19.7 Å². The third kappa shape index (κ3) is 3.96. The summed E-state index contributed by atoms with van der Waals surface area (Å²) in [6.07, 6.45) is 0. The van der Waals surface area contributed by atoms with E-state index in [1.807, 2.05) is 54.6 Å². The highest BCUT2D eigenvalue weighted by Gasteiger charge is 2.08. The summed E-state index contributed by atoms with van der Waals surface area (Å²) in [5, 5.41) is 5.15. The molecule has 4 rings (SSSR count). The number of carbonyl (C=O) groups is 1. The lowest BCUT2D eigenvalue weighted by Gasteiger charge is -2.11. The molecule has 6 nitrogen and oxygen atoms in total. The summed E-state index contributed by atoms with van der Waals surface area (Å²) < 4.78 is 16.2. The molecule has 0 aliphatic carbocycles. The van der Waals surface area contributed by atoms with Gasteiger partial charge in [0.2, 0.25) is 0 Å². The van der Waals surface area contributed by atoms with Crippen LogP contribution in [0.1, 0.15) is 5.56 Å². The van der Waals surface area contributed by atoms with Gasteiger partial charge in [0, 0.05) is 28.9 Å². The zero-order chi connectivity index (χ0) is 20.2. The van der Waals surface area contributed by atoms with Crippen molar-refractivity contribution in [1.82, 2.24) is 10.3 Å². The van der Waals surface area contributed by atoms with E-state index in [-0.39, 0.29) is 12.5 Å². The molecule has 4 aromatic rings. The van der Waals surface area contributed by atoms with E-state index in [1.54, 1.807) is 14.2 Å². The molecule has 29 heavy (non-hydrogen) atoms. The van der Waals surface area contributed by atoms with E-state index in [9.17, 15) is 4.79 Å². The van der Waals surface area contributed by atoms with Crippen LogP contribution in [-0.2, 0) is 11.3 Å². The second-order valence-electron chi connectivity index (χ2n) is 6.63. The van der Waals surface area contributed by atoms with Crippen LogP contribution in [0.3, 0.4) is 0 Å². The molecule has 0 radical (unpaired) electrons. The van der Waals surface area contributed by atoms with Gasteiger partial charge >= 0.3 is 0 Å². The second-order valence-corrected chi connectivity index (χ2v) is 6.63. The fourth-order valence-electron chi connectivity index (χ4n) is 3.31. The van der Waals surface area contributed by atoms with Crippen LogP contribution in [-0.4, -0.2) is 31.7 Å². The largest absolute Gasteiger partial charge is 0.493 e. The molecule has 3 aromatic carbocycles. The topological polar surface area (TPSA) is 72.6 Å². The van der Waals surface area contributed by atoms with Crippen LogP contribution >= 0.6 is 0 Å². The van der Waals surface area contributed by atoms with E-state index in [2.05, 4.69) is 16.4 Å². The number of aromatic amines is 1. The van der Waals surface area contributed by atoms with E-state index in [0.717, 1.165) is 22.0 Å². The molecular formula is C23H22N2O4. The van der Waals surface area contributed by atoms with Crippen LogP contribution in [0.2, 0.25) is 0 Å². The predicted molar refractivity (Wildman–Crippen MR) is 113 cm³/mol. The van der Waals surface area contributed by atoms with Crippen molar-refractivity contribution in [3.63, 3.8) is 0 Å². The lowest BCUT2D eigenvalue weighted by atomic mass is 10.1. The molecule has 0 saturated heterocycles. The fraction of sp³-hybridized carbons (Fsp3) is 0.174. The number of ether oxygens (including phenoxy) is 3. The van der Waals surface area contributed by atoms with Gasteiger partial charge in [-0.3, -0.25) is 4.79 Å². The van der Waals surface area contributed by atoms with Crippen LogP contribution in [0, 0.1) is 0 Å². The number of amides is 1. The third-order valence-corrected chi connectivity index (χ3v) is 4.79. The number of methoxy groups -OCH3 is 2. The summed E-state index contributed by atoms with van der Waals surface area (Å²) in [4.78, 5) is 15.5. The Morgan fingerprint density at radius 2 is 1.69 bits per heavy atom. The Morgan fingerprint density at radius 1 is 0.897 bits per heavy atom. The molecule has 0 unspecified atom stereocenters. The molecule has 148 valence electrons. The number of carbonyl (C=O) groups excluding carboxylic acids is 1. The molecule has 1 amide bonds. The highest BCUT2D eigenvalue weighted by Crippen LogP contribution is 2.28. The Kier molecular flexibility index (Phi) is 5.24. The number of H-pyrrole nitrogens is 1. The maximum absolute atomic E-state index is 12.2. The Labute approximate surface area is 168 Å². The van der Waals surface area contributed by atoms with Crippen molar-refractivity contribution in [2.24, 2.45) is 0 Å². The zero-order valence-electron chi connectivity index (χ0n) is 16.3. The Hall–Kier alpha value is -3.67. The number of aromatic nitrogens is 1. The maximum atomic E-state index is 12.2. The first-order chi connectivity index (χ1) is 14.2. The molecule has 0 aliphatic heterocycles. The van der Waals surface area contributed by atoms with Crippen molar-refractivity contribution in [3.8, 4) is 17.2 Å². The molecule has 0 spiro atoms. The Balaban J connectivity index is 1.36. The molecule has 0 atom stereocenters. The van der Waals surface area contributed by atoms with Crippen molar-refractivity contribution in [3.05, 3.63) is 66.2 Å².